The number of nitrogens with zero attached hydrogens (tertiary/aromatic N) is 1. The third-order valence-corrected chi connectivity index (χ3v) is 5.97. The zero-order valence-electron chi connectivity index (χ0n) is 15.9. The van der Waals surface area contributed by atoms with Crippen LogP contribution in [0.1, 0.15) is 39.3 Å². The van der Waals surface area contributed by atoms with Gasteiger partial charge in [-0.25, -0.2) is 0 Å². The summed E-state index contributed by atoms with van der Waals surface area (Å²) in [7, 11) is 0. The zero-order chi connectivity index (χ0) is 19.5. The second-order valence-electron chi connectivity index (χ2n) is 7.14. The highest BCUT2D eigenvalue weighted by atomic mass is 32.2. The number of rotatable bonds is 5. The van der Waals surface area contributed by atoms with Gasteiger partial charge in [0.1, 0.15) is 5.58 Å². The van der Waals surface area contributed by atoms with Crippen LogP contribution < -0.4 is 0 Å². The Morgan fingerprint density at radius 2 is 1.71 bits per heavy atom. The largest absolute Gasteiger partial charge is 0.451 e. The second kappa shape index (κ2) is 8.23. The van der Waals surface area contributed by atoms with Crippen molar-refractivity contribution in [2.24, 2.45) is 5.92 Å². The van der Waals surface area contributed by atoms with Crippen molar-refractivity contribution in [3.63, 3.8) is 0 Å². The molecule has 0 saturated carbocycles. The Kier molecular flexibility index (Phi) is 5.53. The summed E-state index contributed by atoms with van der Waals surface area (Å²) in [6, 6.07) is 17.2. The number of furan rings is 1. The van der Waals surface area contributed by atoms with Crippen LogP contribution in [0.4, 0.5) is 0 Å². The van der Waals surface area contributed by atoms with E-state index in [4.69, 9.17) is 4.42 Å². The fourth-order valence-electron chi connectivity index (χ4n) is 3.89. The van der Waals surface area contributed by atoms with E-state index < -0.39 is 0 Å². The molecule has 4 rings (SSSR count). The monoisotopic (exact) mass is 393 g/mol. The number of carbonyl (C=O) groups excluding carboxylic acids is 2. The highest BCUT2D eigenvalue weighted by Crippen LogP contribution is 2.31. The minimum atomic E-state index is -0.0640. The van der Waals surface area contributed by atoms with Crippen LogP contribution >= 0.6 is 11.8 Å². The molecule has 0 N–H and O–H groups in total. The number of fused-ring (bicyclic) bond motifs is 1. The molecule has 1 aliphatic rings. The van der Waals surface area contributed by atoms with E-state index in [9.17, 15) is 9.59 Å². The summed E-state index contributed by atoms with van der Waals surface area (Å²) >= 11 is 1.68. The molecule has 0 spiro atoms. The number of Topliss-reactive ketones (excluding diaryl/α,β-unsaturated/α-hetero) is 1. The van der Waals surface area contributed by atoms with Gasteiger partial charge in [0.2, 0.25) is 0 Å². The highest BCUT2D eigenvalue weighted by molar-refractivity contribution is 7.97. The molecule has 0 bridgehead atoms. The molecule has 0 aliphatic carbocycles. The summed E-state index contributed by atoms with van der Waals surface area (Å²) in [4.78, 5) is 27.7. The van der Waals surface area contributed by atoms with Crippen molar-refractivity contribution in [2.45, 2.75) is 18.6 Å². The summed E-state index contributed by atoms with van der Waals surface area (Å²) in [6.07, 6.45) is 3.41. The van der Waals surface area contributed by atoms with E-state index in [0.29, 0.717) is 31.7 Å². The third kappa shape index (κ3) is 3.59. The average Bonchev–Trinajstić information content (AvgIpc) is 3.12. The van der Waals surface area contributed by atoms with Crippen molar-refractivity contribution in [1.29, 1.82) is 0 Å². The normalized spacial score (nSPS) is 15.1. The molecule has 5 heteroatoms. The maximum atomic E-state index is 13.1. The second-order valence-corrected chi connectivity index (χ2v) is 8.00. The van der Waals surface area contributed by atoms with Gasteiger partial charge in [-0.15, -0.1) is 0 Å². The van der Waals surface area contributed by atoms with Gasteiger partial charge in [0.25, 0.3) is 5.91 Å². The molecule has 28 heavy (non-hydrogen) atoms. The molecule has 0 unspecified atom stereocenters. The fourth-order valence-corrected chi connectivity index (χ4v) is 4.46. The van der Waals surface area contributed by atoms with Gasteiger partial charge in [0.05, 0.1) is 0 Å². The van der Waals surface area contributed by atoms with Gasteiger partial charge in [-0.3, -0.25) is 9.59 Å². The Bertz CT molecular complexity index is 988. The Labute approximate surface area is 168 Å². The highest BCUT2D eigenvalue weighted by Gasteiger charge is 2.31. The predicted octanol–water partition coefficient (Wildman–Crippen LogP) is 5.03. The van der Waals surface area contributed by atoms with Crippen LogP contribution in [0.25, 0.3) is 11.0 Å². The first-order chi connectivity index (χ1) is 13.7. The van der Waals surface area contributed by atoms with Gasteiger partial charge >= 0.3 is 0 Å². The summed E-state index contributed by atoms with van der Waals surface area (Å²) in [5, 5.41) is 1.01. The average molecular weight is 394 g/mol. The molecular formula is C23H23NO3S. The van der Waals surface area contributed by atoms with Crippen molar-refractivity contribution in [3.8, 4) is 0 Å². The number of para-hydroxylation sites is 1. The van der Waals surface area contributed by atoms with Crippen molar-refractivity contribution in [2.75, 3.05) is 19.3 Å². The SMILES string of the molecule is CSCc1c(C(=O)N2CCC(C(=O)c3ccccc3)CC2)oc2ccccc12. The maximum Gasteiger partial charge on any atom is 0.289 e. The molecule has 2 heterocycles. The summed E-state index contributed by atoms with van der Waals surface area (Å²) in [5.41, 5.74) is 2.48. The predicted molar refractivity (Wildman–Crippen MR) is 113 cm³/mol. The Morgan fingerprint density at radius 1 is 1.04 bits per heavy atom. The lowest BCUT2D eigenvalue weighted by atomic mass is 9.89. The molecule has 144 valence electrons. The van der Waals surface area contributed by atoms with E-state index in [2.05, 4.69) is 0 Å². The molecule has 4 nitrogen and oxygen atoms in total. The van der Waals surface area contributed by atoms with Crippen LogP contribution in [0.5, 0.6) is 0 Å². The lowest BCUT2D eigenvalue weighted by Crippen LogP contribution is -2.40. The molecule has 1 aromatic heterocycles. The fraction of sp³-hybridized carbons (Fsp3) is 0.304. The number of carbonyl (C=O) groups is 2. The first-order valence-corrected chi connectivity index (χ1v) is 11.0. The van der Waals surface area contributed by atoms with Crippen LogP contribution in [-0.2, 0) is 5.75 Å². The number of hydrogen-bond donors (Lipinski definition) is 0. The van der Waals surface area contributed by atoms with Crippen LogP contribution in [0, 0.1) is 5.92 Å². The molecule has 1 fully saturated rings. The third-order valence-electron chi connectivity index (χ3n) is 5.39. The minimum Gasteiger partial charge on any atom is -0.451 e. The lowest BCUT2D eigenvalue weighted by molar-refractivity contribution is 0.0625. The molecule has 0 atom stereocenters. The van der Waals surface area contributed by atoms with Gasteiger partial charge in [0.15, 0.2) is 11.5 Å². The molecular weight excluding hydrogens is 370 g/mol. The van der Waals surface area contributed by atoms with Crippen molar-refractivity contribution < 1.29 is 14.0 Å². The van der Waals surface area contributed by atoms with Gasteiger partial charge in [-0.1, -0.05) is 48.5 Å². The van der Waals surface area contributed by atoms with Crippen LogP contribution in [0.15, 0.2) is 59.0 Å². The summed E-state index contributed by atoms with van der Waals surface area (Å²) < 4.78 is 5.94. The van der Waals surface area contributed by atoms with Gasteiger partial charge < -0.3 is 9.32 Å². The Morgan fingerprint density at radius 3 is 2.43 bits per heavy atom. The summed E-state index contributed by atoms with van der Waals surface area (Å²) in [5.74, 6) is 1.28. The number of likely N-dealkylation sites (tertiary alicyclic amines) is 1. The van der Waals surface area contributed by atoms with Gasteiger partial charge in [0, 0.05) is 41.3 Å². The van der Waals surface area contributed by atoms with Gasteiger partial charge in [-0.2, -0.15) is 11.8 Å². The Balaban J connectivity index is 1.49. The number of amides is 1. The Hall–Kier alpha value is -2.53. The van der Waals surface area contributed by atoms with E-state index in [1.807, 2.05) is 65.8 Å². The number of piperidine rings is 1. The van der Waals surface area contributed by atoms with Crippen LogP contribution in [0.2, 0.25) is 0 Å². The quantitative estimate of drug-likeness (QED) is 0.571. The summed E-state index contributed by atoms with van der Waals surface area (Å²) in [6.45, 7) is 1.16. The molecule has 1 saturated heterocycles. The number of benzene rings is 2. The van der Waals surface area contributed by atoms with Crippen molar-refractivity contribution >= 4 is 34.4 Å². The maximum absolute atomic E-state index is 13.1. The van der Waals surface area contributed by atoms with E-state index in [1.54, 1.807) is 11.8 Å². The molecule has 3 aromatic rings. The van der Waals surface area contributed by atoms with Crippen LogP contribution in [-0.4, -0.2) is 35.9 Å². The number of ketones is 1. The first-order valence-electron chi connectivity index (χ1n) is 9.57. The molecule has 0 radical (unpaired) electrons. The minimum absolute atomic E-state index is 0.0206. The number of hydrogen-bond acceptors (Lipinski definition) is 4. The first kappa shape index (κ1) is 18.8. The lowest BCUT2D eigenvalue weighted by Gasteiger charge is -2.31. The number of thioether (sulfide) groups is 1. The van der Waals surface area contributed by atoms with E-state index >= 15 is 0 Å². The molecule has 1 amide bonds. The van der Waals surface area contributed by atoms with E-state index in [1.165, 1.54) is 0 Å². The van der Waals surface area contributed by atoms with E-state index in [-0.39, 0.29) is 17.6 Å². The van der Waals surface area contributed by atoms with E-state index in [0.717, 1.165) is 27.8 Å². The van der Waals surface area contributed by atoms with Crippen molar-refractivity contribution in [3.05, 3.63) is 71.5 Å². The van der Waals surface area contributed by atoms with Crippen LogP contribution in [0.3, 0.4) is 0 Å². The smallest absolute Gasteiger partial charge is 0.289 e. The van der Waals surface area contributed by atoms with Gasteiger partial charge in [-0.05, 0) is 25.2 Å². The molecule has 2 aromatic carbocycles. The molecule has 1 aliphatic heterocycles. The topological polar surface area (TPSA) is 50.5 Å². The van der Waals surface area contributed by atoms with Crippen molar-refractivity contribution in [1.82, 2.24) is 4.90 Å². The standard InChI is InChI=1S/C23H23NO3S/c1-28-15-19-18-9-5-6-10-20(18)27-22(19)23(26)24-13-11-17(12-14-24)21(25)16-7-3-2-4-8-16/h2-10,17H,11-15H2,1H3. The zero-order valence-corrected chi connectivity index (χ0v) is 16.7.